The molecule has 9 nitrogen and oxygen atoms in total. The average molecular weight is 379 g/mol. The lowest BCUT2D eigenvalue weighted by atomic mass is 10.2. The van der Waals surface area contributed by atoms with Crippen LogP contribution < -0.4 is 11.2 Å². The van der Waals surface area contributed by atoms with Gasteiger partial charge in [-0.2, -0.15) is 0 Å². The number of nitrogens with one attached hydrogen (secondary N) is 1. The van der Waals surface area contributed by atoms with Gasteiger partial charge in [-0.25, -0.2) is 4.79 Å². The first kappa shape index (κ1) is 14.1. The average Bonchev–Trinajstić information content (AvgIpc) is 2.79. The number of H-pyrrole nitrogens is 1. The summed E-state index contributed by atoms with van der Waals surface area (Å²) in [6, 6.07) is 0. The van der Waals surface area contributed by atoms with Crippen LogP contribution in [0.3, 0.4) is 0 Å². The number of aliphatic hydroxyl groups excluding tert-OH is 1. The zero-order valence-electron chi connectivity index (χ0n) is 9.61. The zero-order chi connectivity index (χ0) is 14.0. The number of aromatic amines is 1. The Kier molecular flexibility index (Phi) is 3.94. The number of aromatic nitrogens is 2. The lowest BCUT2D eigenvalue weighted by Gasteiger charge is -2.25. The first-order valence-corrected chi connectivity index (χ1v) is 6.47. The van der Waals surface area contributed by atoms with Crippen molar-refractivity contribution < 1.29 is 9.84 Å². The Balaban J connectivity index is 2.58. The number of hydrogen-bond donors (Lipinski definition) is 2. The standard InChI is InChI=1S/C9H10IN5O4/c10-6-3-15(8(18)12-7(6)17)9(13-14-11)2-1-5(4-16)19-9/h3,5,16H,1-2,4H2,(H,12,17,18)/t5-,9-/m0/s1. The summed E-state index contributed by atoms with van der Waals surface area (Å²) < 4.78 is 6.78. The molecule has 1 aliphatic heterocycles. The summed E-state index contributed by atoms with van der Waals surface area (Å²) in [6.07, 6.45) is 1.44. The van der Waals surface area contributed by atoms with Crippen LogP contribution >= 0.6 is 22.6 Å². The van der Waals surface area contributed by atoms with E-state index in [1.807, 2.05) is 0 Å². The second-order valence-electron chi connectivity index (χ2n) is 4.00. The number of rotatable bonds is 3. The monoisotopic (exact) mass is 379 g/mol. The Morgan fingerprint density at radius 3 is 3.05 bits per heavy atom. The summed E-state index contributed by atoms with van der Waals surface area (Å²) in [6.45, 7) is -0.238. The van der Waals surface area contributed by atoms with Gasteiger partial charge in [-0.15, -0.1) is 0 Å². The van der Waals surface area contributed by atoms with Crippen LogP contribution in [0.5, 0.6) is 0 Å². The molecule has 0 saturated carbocycles. The molecule has 0 unspecified atom stereocenters. The van der Waals surface area contributed by atoms with Gasteiger partial charge in [0.25, 0.3) is 5.56 Å². The lowest BCUT2D eigenvalue weighted by Crippen LogP contribution is -2.43. The fraction of sp³-hybridized carbons (Fsp3) is 0.556. The number of hydrogen-bond acceptors (Lipinski definition) is 5. The highest BCUT2D eigenvalue weighted by Gasteiger charge is 2.42. The molecule has 102 valence electrons. The molecule has 2 rings (SSSR count). The van der Waals surface area contributed by atoms with Crippen molar-refractivity contribution in [3.05, 3.63) is 41.0 Å². The first-order valence-electron chi connectivity index (χ1n) is 5.39. The van der Waals surface area contributed by atoms with E-state index >= 15 is 0 Å². The number of nitrogens with zero attached hydrogens (tertiary/aromatic N) is 4. The molecule has 2 N–H and O–H groups in total. The second-order valence-corrected chi connectivity index (χ2v) is 5.16. The third kappa shape index (κ3) is 2.52. The van der Waals surface area contributed by atoms with E-state index in [0.717, 1.165) is 4.57 Å². The molecule has 2 atom stereocenters. The summed E-state index contributed by atoms with van der Waals surface area (Å²) >= 11 is 1.76. The van der Waals surface area contributed by atoms with Gasteiger partial charge < -0.3 is 9.84 Å². The number of aliphatic hydroxyl groups is 1. The minimum Gasteiger partial charge on any atom is -0.394 e. The molecule has 1 aromatic rings. The topological polar surface area (TPSA) is 133 Å². The van der Waals surface area contributed by atoms with Crippen molar-refractivity contribution in [2.45, 2.75) is 24.8 Å². The van der Waals surface area contributed by atoms with Crippen LogP contribution in [0.2, 0.25) is 0 Å². The fourth-order valence-electron chi connectivity index (χ4n) is 1.94. The summed E-state index contributed by atoms with van der Waals surface area (Å²) in [5.41, 5.74) is 7.41. The number of azide groups is 1. The molecule has 19 heavy (non-hydrogen) atoms. The maximum atomic E-state index is 11.8. The van der Waals surface area contributed by atoms with Gasteiger partial charge in [0.1, 0.15) is 0 Å². The lowest BCUT2D eigenvalue weighted by molar-refractivity contribution is -0.109. The second kappa shape index (κ2) is 5.33. The van der Waals surface area contributed by atoms with Gasteiger partial charge in [0.05, 0.1) is 16.3 Å². The maximum Gasteiger partial charge on any atom is 0.330 e. The van der Waals surface area contributed by atoms with E-state index in [2.05, 4.69) is 15.0 Å². The fourth-order valence-corrected chi connectivity index (χ4v) is 2.35. The van der Waals surface area contributed by atoms with Gasteiger partial charge in [-0.1, -0.05) is 0 Å². The van der Waals surface area contributed by atoms with Crippen LogP contribution in [0.25, 0.3) is 10.4 Å². The molecule has 0 radical (unpaired) electrons. The number of ether oxygens (including phenoxy) is 1. The Morgan fingerprint density at radius 1 is 1.74 bits per heavy atom. The molecule has 2 heterocycles. The van der Waals surface area contributed by atoms with E-state index in [1.165, 1.54) is 6.20 Å². The van der Waals surface area contributed by atoms with E-state index in [4.69, 9.17) is 15.4 Å². The maximum absolute atomic E-state index is 11.8. The molecule has 1 saturated heterocycles. The molecule has 1 aromatic heterocycles. The molecule has 0 aromatic carbocycles. The van der Waals surface area contributed by atoms with Gasteiger partial charge >= 0.3 is 5.69 Å². The summed E-state index contributed by atoms with van der Waals surface area (Å²) in [5, 5.41) is 12.6. The van der Waals surface area contributed by atoms with Crippen LogP contribution in [-0.4, -0.2) is 27.4 Å². The molecule has 1 fully saturated rings. The molecule has 0 aliphatic carbocycles. The van der Waals surface area contributed by atoms with E-state index in [0.29, 0.717) is 6.42 Å². The molecule has 10 heteroatoms. The molecule has 0 bridgehead atoms. The third-order valence-corrected chi connectivity index (χ3v) is 3.60. The van der Waals surface area contributed by atoms with Gasteiger partial charge in [-0.3, -0.25) is 14.3 Å². The SMILES string of the molecule is [N-]=[N+]=N[C@]1(n2cc(I)c(=O)[nH]c2=O)CC[C@@H](CO)O1. The van der Waals surface area contributed by atoms with E-state index < -0.39 is 23.2 Å². The summed E-state index contributed by atoms with van der Waals surface area (Å²) in [7, 11) is 0. The van der Waals surface area contributed by atoms with Crippen LogP contribution in [0.4, 0.5) is 0 Å². The smallest absolute Gasteiger partial charge is 0.330 e. The third-order valence-electron chi connectivity index (χ3n) is 2.83. The van der Waals surface area contributed by atoms with Gasteiger partial charge in [0.2, 0.25) is 5.85 Å². The van der Waals surface area contributed by atoms with Gasteiger partial charge in [-0.05, 0) is 39.7 Å². The van der Waals surface area contributed by atoms with Crippen molar-refractivity contribution in [2.75, 3.05) is 6.61 Å². The van der Waals surface area contributed by atoms with Crippen LogP contribution in [0, 0.1) is 3.57 Å². The van der Waals surface area contributed by atoms with Crippen molar-refractivity contribution >= 4 is 22.6 Å². The van der Waals surface area contributed by atoms with Crippen molar-refractivity contribution in [3.63, 3.8) is 0 Å². The van der Waals surface area contributed by atoms with Crippen molar-refractivity contribution in [1.29, 1.82) is 0 Å². The minimum absolute atomic E-state index is 0.238. The first-order chi connectivity index (χ1) is 9.02. The quantitative estimate of drug-likeness (QED) is 0.337. The molecule has 0 amide bonds. The summed E-state index contributed by atoms with van der Waals surface area (Å²) in [4.78, 5) is 28.0. The molecule has 0 spiro atoms. The molecular formula is C9H10IN5O4. The van der Waals surface area contributed by atoms with Crippen LogP contribution in [0.15, 0.2) is 20.9 Å². The molecule has 1 aliphatic rings. The van der Waals surface area contributed by atoms with Crippen LogP contribution in [0.1, 0.15) is 12.8 Å². The zero-order valence-corrected chi connectivity index (χ0v) is 11.8. The van der Waals surface area contributed by atoms with Crippen molar-refractivity contribution in [2.24, 2.45) is 5.11 Å². The highest BCUT2D eigenvalue weighted by Crippen LogP contribution is 2.35. The Hall–Kier alpha value is -1.36. The molecular weight excluding hydrogens is 369 g/mol. The van der Waals surface area contributed by atoms with E-state index in [1.54, 1.807) is 22.6 Å². The highest BCUT2D eigenvalue weighted by molar-refractivity contribution is 14.1. The van der Waals surface area contributed by atoms with E-state index in [-0.39, 0.29) is 16.6 Å². The van der Waals surface area contributed by atoms with Gasteiger partial charge in [0.15, 0.2) is 0 Å². The van der Waals surface area contributed by atoms with E-state index in [9.17, 15) is 9.59 Å². The predicted molar refractivity (Wildman–Crippen MR) is 72.4 cm³/mol. The summed E-state index contributed by atoms with van der Waals surface area (Å²) in [5.74, 6) is -1.54. The Labute approximate surface area is 120 Å². The predicted octanol–water partition coefficient (Wildman–Crippen LogP) is 0.233. The normalized spacial score (nSPS) is 26.1. The van der Waals surface area contributed by atoms with Crippen molar-refractivity contribution in [3.8, 4) is 0 Å². The highest BCUT2D eigenvalue weighted by atomic mass is 127. The Bertz CT molecular complexity index is 649. The van der Waals surface area contributed by atoms with Gasteiger partial charge in [0, 0.05) is 17.5 Å². The minimum atomic E-state index is -1.54. The largest absolute Gasteiger partial charge is 0.394 e. The van der Waals surface area contributed by atoms with Crippen LogP contribution in [-0.2, 0) is 10.6 Å². The Morgan fingerprint density at radius 2 is 2.47 bits per heavy atom. The van der Waals surface area contributed by atoms with Crippen molar-refractivity contribution in [1.82, 2.24) is 9.55 Å². The number of halogens is 1.